The van der Waals surface area contributed by atoms with Crippen LogP contribution < -0.4 is 4.72 Å². The van der Waals surface area contributed by atoms with Gasteiger partial charge in [0.1, 0.15) is 0 Å². The molecule has 4 nitrogen and oxygen atoms in total. The van der Waals surface area contributed by atoms with E-state index in [1.54, 1.807) is 0 Å². The summed E-state index contributed by atoms with van der Waals surface area (Å²) >= 11 is 0. The number of hydrogen-bond donors (Lipinski definition) is 1. The molecule has 0 bridgehead atoms. The van der Waals surface area contributed by atoms with Crippen molar-refractivity contribution >= 4 is 10.2 Å². The predicted molar refractivity (Wildman–Crippen MR) is 75.0 cm³/mol. The van der Waals surface area contributed by atoms with Gasteiger partial charge in [-0.25, -0.2) is 4.72 Å². The van der Waals surface area contributed by atoms with E-state index in [2.05, 4.69) is 37.6 Å². The molecule has 18 heavy (non-hydrogen) atoms. The standard InChI is InChI=1S/C13H22N2O2S/c1-10-8-11(2)13(12(3)9-10)6-7-14-18(16,17)15(4)5/h8-9,14H,6-7H2,1-5H3. The average molecular weight is 270 g/mol. The van der Waals surface area contributed by atoms with E-state index in [1.165, 1.54) is 40.7 Å². The fraction of sp³-hybridized carbons (Fsp3) is 0.538. The lowest BCUT2D eigenvalue weighted by Crippen LogP contribution is -2.36. The molecule has 0 aliphatic carbocycles. The predicted octanol–water partition coefficient (Wildman–Crippen LogP) is 1.55. The highest BCUT2D eigenvalue weighted by Gasteiger charge is 2.12. The Hall–Kier alpha value is -0.910. The first kappa shape index (κ1) is 15.1. The van der Waals surface area contributed by atoms with Crippen LogP contribution in [0.3, 0.4) is 0 Å². The number of benzene rings is 1. The Morgan fingerprint density at radius 1 is 1.11 bits per heavy atom. The Kier molecular flexibility index (Phi) is 4.90. The SMILES string of the molecule is Cc1cc(C)c(CCNS(=O)(=O)N(C)C)c(C)c1. The van der Waals surface area contributed by atoms with Gasteiger partial charge in [0.2, 0.25) is 0 Å². The third-order valence-corrected chi connectivity index (χ3v) is 4.51. The Balaban J connectivity index is 2.71. The number of rotatable bonds is 5. The molecule has 0 spiro atoms. The third kappa shape index (κ3) is 3.80. The van der Waals surface area contributed by atoms with Crippen LogP contribution in [0.4, 0.5) is 0 Å². The van der Waals surface area contributed by atoms with Crippen LogP contribution in [-0.4, -0.2) is 33.4 Å². The van der Waals surface area contributed by atoms with Crippen LogP contribution in [0, 0.1) is 20.8 Å². The van der Waals surface area contributed by atoms with E-state index in [1.807, 2.05) is 0 Å². The van der Waals surface area contributed by atoms with Crippen molar-refractivity contribution in [3.63, 3.8) is 0 Å². The van der Waals surface area contributed by atoms with Crippen LogP contribution in [-0.2, 0) is 16.6 Å². The average Bonchev–Trinajstić information content (AvgIpc) is 2.21. The molecule has 0 aromatic heterocycles. The molecular formula is C13H22N2O2S. The molecule has 0 radical (unpaired) electrons. The topological polar surface area (TPSA) is 49.4 Å². The molecule has 0 aliphatic heterocycles. The maximum atomic E-state index is 11.6. The number of nitrogens with zero attached hydrogens (tertiary/aromatic N) is 1. The largest absolute Gasteiger partial charge is 0.278 e. The normalized spacial score (nSPS) is 12.1. The van der Waals surface area contributed by atoms with Crippen molar-refractivity contribution in [1.29, 1.82) is 0 Å². The zero-order valence-corrected chi connectivity index (χ0v) is 12.6. The molecule has 0 heterocycles. The summed E-state index contributed by atoms with van der Waals surface area (Å²) in [5.41, 5.74) is 4.90. The number of aryl methyl sites for hydroxylation is 3. The summed E-state index contributed by atoms with van der Waals surface area (Å²) in [6.07, 6.45) is 0.713. The molecule has 0 fully saturated rings. The molecule has 0 atom stereocenters. The molecule has 1 aromatic rings. The first-order valence-corrected chi connectivity index (χ1v) is 7.42. The van der Waals surface area contributed by atoms with Crippen molar-refractivity contribution in [2.24, 2.45) is 0 Å². The molecule has 0 aliphatic rings. The van der Waals surface area contributed by atoms with Gasteiger partial charge in [0.05, 0.1) is 0 Å². The summed E-state index contributed by atoms with van der Waals surface area (Å²) in [7, 11) is -0.282. The quantitative estimate of drug-likeness (QED) is 0.882. The van der Waals surface area contributed by atoms with Crippen LogP contribution in [0.1, 0.15) is 22.3 Å². The Morgan fingerprint density at radius 3 is 2.06 bits per heavy atom. The van der Waals surface area contributed by atoms with Gasteiger partial charge >= 0.3 is 0 Å². The highest BCUT2D eigenvalue weighted by molar-refractivity contribution is 7.87. The minimum atomic E-state index is -3.32. The van der Waals surface area contributed by atoms with Crippen LogP contribution in [0.2, 0.25) is 0 Å². The summed E-state index contributed by atoms with van der Waals surface area (Å²) in [5.74, 6) is 0. The third-order valence-electron chi connectivity index (χ3n) is 2.98. The lowest BCUT2D eigenvalue weighted by Gasteiger charge is -2.14. The van der Waals surface area contributed by atoms with Crippen LogP contribution in [0.15, 0.2) is 12.1 Å². The second kappa shape index (κ2) is 5.82. The van der Waals surface area contributed by atoms with Crippen molar-refractivity contribution in [1.82, 2.24) is 9.03 Å². The fourth-order valence-corrected chi connectivity index (χ4v) is 2.66. The van der Waals surface area contributed by atoms with E-state index in [-0.39, 0.29) is 0 Å². The molecule has 1 rings (SSSR count). The Labute approximate surface area is 110 Å². The molecule has 0 unspecified atom stereocenters. The molecule has 0 saturated heterocycles. The van der Waals surface area contributed by atoms with Gasteiger partial charge in [0.25, 0.3) is 10.2 Å². The van der Waals surface area contributed by atoms with E-state index >= 15 is 0 Å². The summed E-state index contributed by atoms with van der Waals surface area (Å²) in [5, 5.41) is 0. The highest BCUT2D eigenvalue weighted by atomic mass is 32.2. The van der Waals surface area contributed by atoms with Gasteiger partial charge in [-0.05, 0) is 43.9 Å². The van der Waals surface area contributed by atoms with Gasteiger partial charge in [-0.2, -0.15) is 12.7 Å². The summed E-state index contributed by atoms with van der Waals surface area (Å²) in [6.45, 7) is 6.62. The Bertz CT molecular complexity index is 499. The van der Waals surface area contributed by atoms with E-state index < -0.39 is 10.2 Å². The molecule has 5 heteroatoms. The summed E-state index contributed by atoms with van der Waals surface area (Å²) in [6, 6.07) is 4.26. The maximum Gasteiger partial charge on any atom is 0.278 e. The fourth-order valence-electron chi connectivity index (χ4n) is 2.04. The van der Waals surface area contributed by atoms with E-state index in [0.29, 0.717) is 13.0 Å². The monoisotopic (exact) mass is 270 g/mol. The first-order valence-electron chi connectivity index (χ1n) is 5.98. The van der Waals surface area contributed by atoms with Gasteiger partial charge in [0.15, 0.2) is 0 Å². The minimum absolute atomic E-state index is 0.422. The number of nitrogens with one attached hydrogen (secondary N) is 1. The maximum absolute atomic E-state index is 11.6. The minimum Gasteiger partial charge on any atom is -0.202 e. The zero-order valence-electron chi connectivity index (χ0n) is 11.7. The highest BCUT2D eigenvalue weighted by Crippen LogP contribution is 2.16. The van der Waals surface area contributed by atoms with Gasteiger partial charge in [-0.3, -0.25) is 0 Å². The second-order valence-electron chi connectivity index (χ2n) is 4.81. The van der Waals surface area contributed by atoms with Gasteiger partial charge in [0, 0.05) is 20.6 Å². The van der Waals surface area contributed by atoms with E-state index in [0.717, 1.165) is 0 Å². The Morgan fingerprint density at radius 2 is 1.61 bits per heavy atom. The lowest BCUT2D eigenvalue weighted by molar-refractivity contribution is 0.506. The van der Waals surface area contributed by atoms with Crippen molar-refractivity contribution in [3.05, 3.63) is 34.4 Å². The van der Waals surface area contributed by atoms with Crippen LogP contribution in [0.5, 0.6) is 0 Å². The molecular weight excluding hydrogens is 248 g/mol. The van der Waals surface area contributed by atoms with E-state index in [4.69, 9.17) is 0 Å². The molecule has 1 aromatic carbocycles. The lowest BCUT2D eigenvalue weighted by atomic mass is 9.97. The van der Waals surface area contributed by atoms with Crippen LogP contribution >= 0.6 is 0 Å². The molecule has 0 amide bonds. The summed E-state index contributed by atoms with van der Waals surface area (Å²) in [4.78, 5) is 0. The van der Waals surface area contributed by atoms with Crippen molar-refractivity contribution in [3.8, 4) is 0 Å². The number of hydrogen-bond acceptors (Lipinski definition) is 2. The van der Waals surface area contributed by atoms with Crippen LogP contribution in [0.25, 0.3) is 0 Å². The molecule has 102 valence electrons. The summed E-state index contributed by atoms with van der Waals surface area (Å²) < 4.78 is 26.9. The smallest absolute Gasteiger partial charge is 0.202 e. The second-order valence-corrected chi connectivity index (χ2v) is 6.78. The molecule has 0 saturated carbocycles. The van der Waals surface area contributed by atoms with E-state index in [9.17, 15) is 8.42 Å². The first-order chi connectivity index (χ1) is 8.24. The molecule has 1 N–H and O–H groups in total. The zero-order chi connectivity index (χ0) is 13.9. The van der Waals surface area contributed by atoms with Gasteiger partial charge in [-0.1, -0.05) is 17.7 Å². The van der Waals surface area contributed by atoms with Crippen molar-refractivity contribution in [2.75, 3.05) is 20.6 Å². The van der Waals surface area contributed by atoms with Crippen molar-refractivity contribution in [2.45, 2.75) is 27.2 Å². The van der Waals surface area contributed by atoms with Gasteiger partial charge in [-0.15, -0.1) is 0 Å². The van der Waals surface area contributed by atoms with Crippen molar-refractivity contribution < 1.29 is 8.42 Å². The van der Waals surface area contributed by atoms with Gasteiger partial charge < -0.3 is 0 Å².